The molecule has 0 saturated heterocycles. The van der Waals surface area contributed by atoms with Crippen molar-refractivity contribution in [1.82, 2.24) is 10.6 Å². The maximum absolute atomic E-state index is 12.6. The number of amides is 2. The maximum Gasteiger partial charge on any atom is 0.416 e. The van der Waals surface area contributed by atoms with Gasteiger partial charge in [0.15, 0.2) is 0 Å². The van der Waals surface area contributed by atoms with Crippen LogP contribution in [0.2, 0.25) is 0 Å². The van der Waals surface area contributed by atoms with Crippen molar-refractivity contribution in [2.45, 2.75) is 19.2 Å². The second-order valence-corrected chi connectivity index (χ2v) is 4.47. The summed E-state index contributed by atoms with van der Waals surface area (Å²) in [6, 6.07) is 3.84. The average Bonchev–Trinajstić information content (AvgIpc) is 2.48. The fourth-order valence-electron chi connectivity index (χ4n) is 1.67. The monoisotopic (exact) mass is 320 g/mol. The van der Waals surface area contributed by atoms with Crippen LogP contribution in [-0.2, 0) is 10.9 Å². The molecule has 0 aliphatic rings. The van der Waals surface area contributed by atoms with Gasteiger partial charge in [0.1, 0.15) is 0 Å². The highest BCUT2D eigenvalue weighted by Gasteiger charge is 2.30. The number of ether oxygens (including phenoxy) is 1. The van der Waals surface area contributed by atoms with Crippen LogP contribution in [0.1, 0.15) is 24.2 Å². The Hall–Kier alpha value is -1.80. The van der Waals surface area contributed by atoms with Crippen LogP contribution >= 0.6 is 0 Å². The van der Waals surface area contributed by atoms with E-state index >= 15 is 0 Å². The van der Waals surface area contributed by atoms with Crippen molar-refractivity contribution < 1.29 is 27.8 Å². The molecule has 0 heterocycles. The number of aliphatic hydroxyl groups is 1. The quantitative estimate of drug-likeness (QED) is 0.674. The average molecular weight is 320 g/mol. The van der Waals surface area contributed by atoms with E-state index in [2.05, 4.69) is 10.6 Å². The first-order chi connectivity index (χ1) is 10.3. The molecule has 1 aromatic rings. The second-order valence-electron chi connectivity index (χ2n) is 4.47. The second kappa shape index (κ2) is 8.60. The number of aliphatic hydroxyl groups excluding tert-OH is 1. The Balaban J connectivity index is 2.45. The van der Waals surface area contributed by atoms with Gasteiger partial charge in [-0.1, -0.05) is 12.1 Å². The number of benzene rings is 1. The summed E-state index contributed by atoms with van der Waals surface area (Å²) in [4.78, 5) is 11.4. The summed E-state index contributed by atoms with van der Waals surface area (Å²) in [5.41, 5.74) is -0.755. The van der Waals surface area contributed by atoms with E-state index in [0.29, 0.717) is 19.8 Å². The summed E-state index contributed by atoms with van der Waals surface area (Å²) < 4.78 is 42.7. The van der Waals surface area contributed by atoms with Crippen LogP contribution in [0.5, 0.6) is 0 Å². The summed E-state index contributed by atoms with van der Waals surface area (Å²) in [5.74, 6) is 0. The van der Waals surface area contributed by atoms with Crippen molar-refractivity contribution >= 4 is 6.03 Å². The summed E-state index contributed by atoms with van der Waals surface area (Å²) >= 11 is 0. The maximum atomic E-state index is 12.6. The molecule has 0 saturated carbocycles. The first-order valence-corrected chi connectivity index (χ1v) is 6.79. The van der Waals surface area contributed by atoms with Crippen LogP contribution in [0.25, 0.3) is 0 Å². The number of urea groups is 1. The fraction of sp³-hybridized carbons (Fsp3) is 0.500. The fourth-order valence-corrected chi connectivity index (χ4v) is 1.67. The molecule has 0 bridgehead atoms. The minimum Gasteiger partial charge on any atom is -0.387 e. The zero-order valence-electron chi connectivity index (χ0n) is 12.1. The molecule has 0 aliphatic carbocycles. The molecule has 2 amide bonds. The van der Waals surface area contributed by atoms with Gasteiger partial charge in [-0.3, -0.25) is 0 Å². The van der Waals surface area contributed by atoms with E-state index in [1.54, 1.807) is 0 Å². The van der Waals surface area contributed by atoms with Gasteiger partial charge >= 0.3 is 12.2 Å². The topological polar surface area (TPSA) is 70.6 Å². The zero-order chi connectivity index (χ0) is 16.6. The normalized spacial score (nSPS) is 12.8. The van der Waals surface area contributed by atoms with Gasteiger partial charge in [0.05, 0.1) is 18.3 Å². The third-order valence-corrected chi connectivity index (χ3v) is 2.79. The Morgan fingerprint density at radius 1 is 1.36 bits per heavy atom. The lowest BCUT2D eigenvalue weighted by Gasteiger charge is -2.15. The summed E-state index contributed by atoms with van der Waals surface area (Å²) in [6.07, 6.45) is -5.69. The summed E-state index contributed by atoms with van der Waals surface area (Å²) in [6.45, 7) is 2.84. The molecule has 0 aliphatic heterocycles. The predicted molar refractivity (Wildman–Crippen MR) is 74.3 cm³/mol. The van der Waals surface area contributed by atoms with Crippen molar-refractivity contribution in [2.24, 2.45) is 0 Å². The number of hydrogen-bond donors (Lipinski definition) is 3. The summed E-state index contributed by atoms with van der Waals surface area (Å²) in [5, 5.41) is 14.7. The molecule has 0 radical (unpaired) electrons. The van der Waals surface area contributed by atoms with Gasteiger partial charge in [-0.2, -0.15) is 13.2 Å². The van der Waals surface area contributed by atoms with Crippen molar-refractivity contribution in [3.63, 3.8) is 0 Å². The first kappa shape index (κ1) is 18.2. The number of rotatable bonds is 7. The number of nitrogens with one attached hydrogen (secondary N) is 2. The first-order valence-electron chi connectivity index (χ1n) is 6.79. The number of halogens is 3. The third kappa shape index (κ3) is 6.31. The lowest BCUT2D eigenvalue weighted by atomic mass is 10.1. The van der Waals surface area contributed by atoms with Crippen molar-refractivity contribution in [3.05, 3.63) is 35.4 Å². The highest BCUT2D eigenvalue weighted by atomic mass is 19.4. The Kier molecular flexibility index (Phi) is 7.13. The molecule has 0 fully saturated rings. The molecule has 5 nitrogen and oxygen atoms in total. The molecule has 1 unspecified atom stereocenters. The smallest absolute Gasteiger partial charge is 0.387 e. The van der Waals surface area contributed by atoms with Crippen LogP contribution < -0.4 is 10.6 Å². The molecule has 1 aromatic carbocycles. The van der Waals surface area contributed by atoms with Gasteiger partial charge < -0.3 is 20.5 Å². The lowest BCUT2D eigenvalue weighted by molar-refractivity contribution is -0.137. The summed E-state index contributed by atoms with van der Waals surface area (Å²) in [7, 11) is 0. The van der Waals surface area contributed by atoms with Gasteiger partial charge in [-0.15, -0.1) is 0 Å². The molecule has 22 heavy (non-hydrogen) atoms. The van der Waals surface area contributed by atoms with Crippen LogP contribution in [0.15, 0.2) is 24.3 Å². The molecule has 1 rings (SSSR count). The molecule has 8 heteroatoms. The SMILES string of the molecule is CCOCCNC(=O)NCC(O)c1cccc(C(F)(F)F)c1. The van der Waals surface area contributed by atoms with Gasteiger partial charge in [-0.05, 0) is 24.6 Å². The number of alkyl halides is 3. The molecular weight excluding hydrogens is 301 g/mol. The van der Waals surface area contributed by atoms with E-state index in [1.165, 1.54) is 12.1 Å². The number of hydrogen-bond acceptors (Lipinski definition) is 3. The highest BCUT2D eigenvalue weighted by molar-refractivity contribution is 5.73. The van der Waals surface area contributed by atoms with Gasteiger partial charge in [-0.25, -0.2) is 4.79 Å². The highest BCUT2D eigenvalue weighted by Crippen LogP contribution is 2.30. The number of carbonyl (C=O) groups excluding carboxylic acids is 1. The van der Waals surface area contributed by atoms with Crippen molar-refractivity contribution in [2.75, 3.05) is 26.3 Å². The zero-order valence-corrected chi connectivity index (χ0v) is 12.1. The van der Waals surface area contributed by atoms with Crippen LogP contribution in [-0.4, -0.2) is 37.4 Å². The van der Waals surface area contributed by atoms with Crippen LogP contribution in [0.4, 0.5) is 18.0 Å². The molecule has 0 aromatic heterocycles. The number of carbonyl (C=O) groups is 1. The van der Waals surface area contributed by atoms with E-state index in [9.17, 15) is 23.1 Å². The Bertz CT molecular complexity index is 481. The Morgan fingerprint density at radius 2 is 2.09 bits per heavy atom. The molecule has 0 spiro atoms. The predicted octanol–water partition coefficient (Wildman–Crippen LogP) is 2.07. The lowest BCUT2D eigenvalue weighted by Crippen LogP contribution is -2.39. The van der Waals surface area contributed by atoms with E-state index < -0.39 is 23.9 Å². The van der Waals surface area contributed by atoms with Crippen LogP contribution in [0.3, 0.4) is 0 Å². The van der Waals surface area contributed by atoms with E-state index in [0.717, 1.165) is 12.1 Å². The molecule has 124 valence electrons. The van der Waals surface area contributed by atoms with Crippen LogP contribution in [0, 0.1) is 0 Å². The molecule has 3 N–H and O–H groups in total. The minimum atomic E-state index is -4.47. The minimum absolute atomic E-state index is 0.0874. The molecular formula is C14H19F3N2O3. The van der Waals surface area contributed by atoms with E-state index in [-0.39, 0.29) is 12.1 Å². The molecule has 1 atom stereocenters. The van der Waals surface area contributed by atoms with Gasteiger partial charge in [0.2, 0.25) is 0 Å². The Morgan fingerprint density at radius 3 is 2.73 bits per heavy atom. The van der Waals surface area contributed by atoms with E-state index in [4.69, 9.17) is 4.74 Å². The standard InChI is InChI=1S/C14H19F3N2O3/c1-2-22-7-6-18-13(21)19-9-12(20)10-4-3-5-11(8-10)14(15,16)17/h3-5,8,12,20H,2,6-7,9H2,1H3,(H2,18,19,21). The van der Waals surface area contributed by atoms with Crippen molar-refractivity contribution in [3.8, 4) is 0 Å². The third-order valence-electron chi connectivity index (χ3n) is 2.79. The van der Waals surface area contributed by atoms with Gasteiger partial charge in [0, 0.05) is 19.7 Å². The Labute approximate surface area is 126 Å². The van der Waals surface area contributed by atoms with Crippen molar-refractivity contribution in [1.29, 1.82) is 0 Å². The van der Waals surface area contributed by atoms with Gasteiger partial charge in [0.25, 0.3) is 0 Å². The van der Waals surface area contributed by atoms with E-state index in [1.807, 2.05) is 6.92 Å². The largest absolute Gasteiger partial charge is 0.416 e.